The molecule has 1 fully saturated rings. The predicted octanol–water partition coefficient (Wildman–Crippen LogP) is 2.36. The minimum absolute atomic E-state index is 0.0232. The number of esters is 1. The maximum absolute atomic E-state index is 12.6. The van der Waals surface area contributed by atoms with Crippen molar-refractivity contribution in [2.45, 2.75) is 19.0 Å². The molecule has 0 aromatic heterocycles. The molecular formula is C21H22N2O3. The molecule has 5 nitrogen and oxygen atoms in total. The second kappa shape index (κ2) is 6.92. The zero-order valence-electron chi connectivity index (χ0n) is 14.9. The van der Waals surface area contributed by atoms with Gasteiger partial charge in [0.1, 0.15) is 0 Å². The molecule has 1 amide bonds. The Balaban J connectivity index is 1.35. The number of carbonyl (C=O) groups is 2. The van der Waals surface area contributed by atoms with Gasteiger partial charge in [0.15, 0.2) is 0 Å². The number of fused-ring (bicyclic) bond motifs is 1. The van der Waals surface area contributed by atoms with Crippen molar-refractivity contribution in [3.05, 3.63) is 70.8 Å². The minimum atomic E-state index is -0.390. The number of ether oxygens (including phenoxy) is 1. The number of benzene rings is 2. The summed E-state index contributed by atoms with van der Waals surface area (Å²) in [5.41, 5.74) is 3.92. The smallest absolute Gasteiger partial charge is 0.337 e. The van der Waals surface area contributed by atoms with E-state index >= 15 is 0 Å². The van der Waals surface area contributed by atoms with Crippen molar-refractivity contribution in [3.8, 4) is 0 Å². The fraction of sp³-hybridized carbons (Fsp3) is 0.333. The van der Waals surface area contributed by atoms with Crippen LogP contribution in [0.25, 0.3) is 0 Å². The van der Waals surface area contributed by atoms with Crippen LogP contribution in [0.15, 0.2) is 48.5 Å². The van der Waals surface area contributed by atoms with E-state index in [-0.39, 0.29) is 5.91 Å². The van der Waals surface area contributed by atoms with Gasteiger partial charge in [-0.1, -0.05) is 24.3 Å². The fourth-order valence-electron chi connectivity index (χ4n) is 3.73. The number of rotatable bonds is 3. The van der Waals surface area contributed by atoms with E-state index in [1.54, 1.807) is 24.3 Å². The number of methoxy groups -OCH3 is 1. The monoisotopic (exact) mass is 350 g/mol. The van der Waals surface area contributed by atoms with Crippen molar-refractivity contribution >= 4 is 11.9 Å². The first-order chi connectivity index (χ1) is 12.7. The molecule has 2 aliphatic rings. The normalized spacial score (nSPS) is 17.3. The molecule has 26 heavy (non-hydrogen) atoms. The van der Waals surface area contributed by atoms with Crippen LogP contribution in [0.5, 0.6) is 0 Å². The molecule has 0 atom stereocenters. The van der Waals surface area contributed by atoms with Gasteiger partial charge < -0.3 is 9.64 Å². The van der Waals surface area contributed by atoms with E-state index in [2.05, 4.69) is 33.9 Å². The van der Waals surface area contributed by atoms with E-state index in [1.807, 2.05) is 4.90 Å². The Morgan fingerprint density at radius 3 is 2.31 bits per heavy atom. The van der Waals surface area contributed by atoms with Gasteiger partial charge in [0.05, 0.1) is 12.7 Å². The number of carbonyl (C=O) groups excluding carboxylic acids is 2. The third-order valence-electron chi connectivity index (χ3n) is 5.38. The maximum Gasteiger partial charge on any atom is 0.337 e. The van der Waals surface area contributed by atoms with E-state index < -0.39 is 5.97 Å². The summed E-state index contributed by atoms with van der Waals surface area (Å²) in [5.74, 6) is -0.367. The molecule has 0 spiro atoms. The zero-order valence-corrected chi connectivity index (χ0v) is 14.9. The summed E-state index contributed by atoms with van der Waals surface area (Å²) in [6.07, 6.45) is 1.08. The number of amides is 1. The average Bonchev–Trinajstić information content (AvgIpc) is 2.66. The van der Waals surface area contributed by atoms with Crippen molar-refractivity contribution in [3.63, 3.8) is 0 Å². The zero-order chi connectivity index (χ0) is 18.1. The number of likely N-dealkylation sites (tertiary alicyclic amines) is 1. The molecule has 2 heterocycles. The van der Waals surface area contributed by atoms with E-state index in [9.17, 15) is 9.59 Å². The van der Waals surface area contributed by atoms with Gasteiger partial charge in [0, 0.05) is 37.8 Å². The van der Waals surface area contributed by atoms with Gasteiger partial charge >= 0.3 is 5.97 Å². The minimum Gasteiger partial charge on any atom is -0.465 e. The SMILES string of the molecule is COC(=O)c1ccc(C(=O)N2CC(N3CCc4ccccc4C3)C2)cc1. The summed E-state index contributed by atoms with van der Waals surface area (Å²) < 4.78 is 4.68. The molecular weight excluding hydrogens is 328 g/mol. The van der Waals surface area contributed by atoms with Crippen LogP contribution in [-0.2, 0) is 17.7 Å². The Morgan fingerprint density at radius 1 is 0.962 bits per heavy atom. The van der Waals surface area contributed by atoms with Gasteiger partial charge in [-0.3, -0.25) is 9.69 Å². The molecule has 0 N–H and O–H groups in total. The standard InChI is InChI=1S/C21H22N2O3/c1-26-21(25)17-8-6-16(7-9-17)20(24)23-13-19(14-23)22-11-10-15-4-2-3-5-18(15)12-22/h2-9,19H,10-14H2,1H3. The largest absolute Gasteiger partial charge is 0.465 e. The maximum atomic E-state index is 12.6. The number of hydrogen-bond donors (Lipinski definition) is 0. The number of nitrogens with zero attached hydrogens (tertiary/aromatic N) is 2. The Hall–Kier alpha value is -2.66. The van der Waals surface area contributed by atoms with Gasteiger partial charge in [-0.15, -0.1) is 0 Å². The summed E-state index contributed by atoms with van der Waals surface area (Å²) in [6.45, 7) is 3.55. The van der Waals surface area contributed by atoms with Crippen LogP contribution in [0, 0.1) is 0 Å². The van der Waals surface area contributed by atoms with Gasteiger partial charge in [-0.25, -0.2) is 4.79 Å². The second-order valence-corrected chi connectivity index (χ2v) is 6.92. The van der Waals surface area contributed by atoms with E-state index in [0.717, 1.165) is 32.6 Å². The fourth-order valence-corrected chi connectivity index (χ4v) is 3.73. The van der Waals surface area contributed by atoms with Crippen LogP contribution >= 0.6 is 0 Å². The molecule has 0 aliphatic carbocycles. The Labute approximate surface area is 153 Å². The van der Waals surface area contributed by atoms with Crippen molar-refractivity contribution in [2.24, 2.45) is 0 Å². The Bertz CT molecular complexity index is 825. The molecule has 4 rings (SSSR count). The lowest BCUT2D eigenvalue weighted by atomic mass is 9.96. The highest BCUT2D eigenvalue weighted by Crippen LogP contribution is 2.25. The summed E-state index contributed by atoms with van der Waals surface area (Å²) in [6, 6.07) is 15.7. The lowest BCUT2D eigenvalue weighted by molar-refractivity contribution is 0.0218. The average molecular weight is 350 g/mol. The lowest BCUT2D eigenvalue weighted by Crippen LogP contribution is -2.61. The van der Waals surface area contributed by atoms with Crippen LogP contribution in [-0.4, -0.2) is 54.5 Å². The predicted molar refractivity (Wildman–Crippen MR) is 98.0 cm³/mol. The highest BCUT2D eigenvalue weighted by molar-refractivity contribution is 5.96. The highest BCUT2D eigenvalue weighted by Gasteiger charge is 2.36. The summed E-state index contributed by atoms with van der Waals surface area (Å²) >= 11 is 0. The molecule has 2 aromatic rings. The van der Waals surface area contributed by atoms with Crippen LogP contribution in [0.1, 0.15) is 31.8 Å². The molecule has 134 valence electrons. The van der Waals surface area contributed by atoms with Crippen LogP contribution in [0.4, 0.5) is 0 Å². The Morgan fingerprint density at radius 2 is 1.62 bits per heavy atom. The topological polar surface area (TPSA) is 49.9 Å². The van der Waals surface area contributed by atoms with Crippen molar-refractivity contribution < 1.29 is 14.3 Å². The van der Waals surface area contributed by atoms with E-state index in [1.165, 1.54) is 18.2 Å². The molecule has 0 radical (unpaired) electrons. The molecule has 2 aromatic carbocycles. The first-order valence-electron chi connectivity index (χ1n) is 8.94. The lowest BCUT2D eigenvalue weighted by Gasteiger charge is -2.47. The third-order valence-corrected chi connectivity index (χ3v) is 5.38. The van der Waals surface area contributed by atoms with Crippen LogP contribution in [0.3, 0.4) is 0 Å². The van der Waals surface area contributed by atoms with Gasteiger partial charge in [-0.05, 0) is 41.8 Å². The summed E-state index contributed by atoms with van der Waals surface area (Å²) in [5, 5.41) is 0. The van der Waals surface area contributed by atoms with Crippen molar-refractivity contribution in [1.29, 1.82) is 0 Å². The van der Waals surface area contributed by atoms with Crippen molar-refractivity contribution in [2.75, 3.05) is 26.7 Å². The molecule has 5 heteroatoms. The van der Waals surface area contributed by atoms with E-state index in [4.69, 9.17) is 0 Å². The first-order valence-corrected chi connectivity index (χ1v) is 8.94. The third kappa shape index (κ3) is 3.10. The molecule has 0 unspecified atom stereocenters. The molecule has 0 saturated carbocycles. The van der Waals surface area contributed by atoms with E-state index in [0.29, 0.717) is 17.2 Å². The quantitative estimate of drug-likeness (QED) is 0.798. The van der Waals surface area contributed by atoms with Gasteiger partial charge in [0.25, 0.3) is 5.91 Å². The number of hydrogen-bond acceptors (Lipinski definition) is 4. The second-order valence-electron chi connectivity index (χ2n) is 6.92. The summed E-state index contributed by atoms with van der Waals surface area (Å²) in [4.78, 5) is 28.4. The molecule has 2 aliphatic heterocycles. The Kier molecular flexibility index (Phi) is 4.47. The van der Waals surface area contributed by atoms with Crippen molar-refractivity contribution in [1.82, 2.24) is 9.80 Å². The van der Waals surface area contributed by atoms with Crippen LogP contribution in [0.2, 0.25) is 0 Å². The first kappa shape index (κ1) is 16.8. The van der Waals surface area contributed by atoms with Gasteiger partial charge in [-0.2, -0.15) is 0 Å². The highest BCUT2D eigenvalue weighted by atomic mass is 16.5. The van der Waals surface area contributed by atoms with Crippen LogP contribution < -0.4 is 0 Å². The molecule has 0 bridgehead atoms. The van der Waals surface area contributed by atoms with Gasteiger partial charge in [0.2, 0.25) is 0 Å². The summed E-state index contributed by atoms with van der Waals surface area (Å²) in [7, 11) is 1.35. The molecule has 1 saturated heterocycles.